The van der Waals surface area contributed by atoms with Gasteiger partial charge in [-0.25, -0.2) is 4.79 Å². The van der Waals surface area contributed by atoms with Crippen LogP contribution in [0.15, 0.2) is 72.8 Å². The average Bonchev–Trinajstić information content (AvgIpc) is 3.10. The van der Waals surface area contributed by atoms with Crippen LogP contribution in [0.5, 0.6) is 11.5 Å². The number of phenols is 1. The molecule has 296 valence electrons. The normalized spacial score (nSPS) is 20.1. The highest BCUT2D eigenvalue weighted by Crippen LogP contribution is 2.48. The molecular weight excluding hydrogens is 750 g/mol. The Labute approximate surface area is 327 Å². The van der Waals surface area contributed by atoms with Crippen molar-refractivity contribution in [2.75, 3.05) is 46.5 Å². The van der Waals surface area contributed by atoms with Crippen molar-refractivity contribution in [2.24, 2.45) is 5.41 Å². The van der Waals surface area contributed by atoms with Crippen molar-refractivity contribution in [2.45, 2.75) is 65.6 Å². The second-order valence-electron chi connectivity index (χ2n) is 17.5. The van der Waals surface area contributed by atoms with Crippen LogP contribution in [-0.4, -0.2) is 71.0 Å². The molecule has 3 heterocycles. The Morgan fingerprint density at radius 2 is 1.16 bits per heavy atom. The molecule has 3 aliphatic heterocycles. The molecule has 0 atom stereocenters. The minimum absolute atomic E-state index is 0.0503. The second kappa shape index (κ2) is 15.1. The number of aromatic hydroxyl groups is 1. The lowest BCUT2D eigenvalue weighted by Gasteiger charge is -2.51. The van der Waals surface area contributed by atoms with Gasteiger partial charge in [0, 0.05) is 32.7 Å². The van der Waals surface area contributed by atoms with Crippen LogP contribution in [0, 0.1) is 19.3 Å². The summed E-state index contributed by atoms with van der Waals surface area (Å²) in [5, 5.41) is 20.7. The Hall–Kier alpha value is -3.49. The molecule has 0 saturated carbocycles. The fourth-order valence-electron chi connectivity index (χ4n) is 6.11. The van der Waals surface area contributed by atoms with Gasteiger partial charge in [0.1, 0.15) is 25.8 Å². The number of carbonyl (C=O) groups is 1. The fraction of sp³-hybridized carbons (Fsp3) is 0.419. The van der Waals surface area contributed by atoms with Gasteiger partial charge in [-0.1, -0.05) is 76.2 Å². The molecule has 0 radical (unpaired) electrons. The van der Waals surface area contributed by atoms with E-state index in [1.54, 1.807) is 57.8 Å². The summed E-state index contributed by atoms with van der Waals surface area (Å²) in [6, 6.07) is 22.3. The van der Waals surface area contributed by atoms with Crippen molar-refractivity contribution in [3.05, 3.63) is 95.1 Å². The standard InChI is InChI=1S/C27H39O5PSi.C16H17O4P/c1-19-23(27-29-16-26(5,17-30-27)18-31-27)14-21(15-24(19)32-34(8,9)25(2,3)4)20-10-12-22(13-11-20)33(6,7)28;1-10-14(16(18)19)8-12(9-15(10)17)11-4-6-13(7-5-11)21(2,3)20/h10-15H,16-18H2,1-9H3;4-9,17H,1-3H3,(H,18,19). The minimum atomic E-state index is -2.32. The van der Waals surface area contributed by atoms with Crippen molar-refractivity contribution in [1.29, 1.82) is 0 Å². The van der Waals surface area contributed by atoms with Gasteiger partial charge in [0.25, 0.3) is 0 Å². The minimum Gasteiger partial charge on any atom is -0.543 e. The van der Waals surface area contributed by atoms with Gasteiger partial charge >= 0.3 is 11.9 Å². The molecule has 9 nitrogen and oxygen atoms in total. The van der Waals surface area contributed by atoms with E-state index in [-0.39, 0.29) is 21.8 Å². The largest absolute Gasteiger partial charge is 0.543 e. The zero-order valence-corrected chi connectivity index (χ0v) is 37.0. The van der Waals surface area contributed by atoms with E-state index in [2.05, 4.69) is 59.8 Å². The Morgan fingerprint density at radius 1 is 0.727 bits per heavy atom. The summed E-state index contributed by atoms with van der Waals surface area (Å²) in [6.45, 7) is 25.7. The zero-order chi connectivity index (χ0) is 40.9. The van der Waals surface area contributed by atoms with Crippen LogP contribution in [0.3, 0.4) is 0 Å². The van der Waals surface area contributed by atoms with Crippen molar-refractivity contribution >= 4 is 39.2 Å². The van der Waals surface area contributed by atoms with Gasteiger partial charge in [-0.3, -0.25) is 0 Å². The van der Waals surface area contributed by atoms with Crippen molar-refractivity contribution in [3.63, 3.8) is 0 Å². The third-order valence-corrected chi connectivity index (χ3v) is 18.4. The molecule has 4 aromatic rings. The van der Waals surface area contributed by atoms with Gasteiger partial charge in [-0.05, 0) is 105 Å². The molecule has 4 aromatic carbocycles. The van der Waals surface area contributed by atoms with Crippen LogP contribution in [0.1, 0.15) is 54.7 Å². The summed E-state index contributed by atoms with van der Waals surface area (Å²) < 4.78 is 50.0. The Bertz CT molecular complexity index is 2150. The molecule has 7 rings (SSSR count). The maximum absolute atomic E-state index is 12.5. The summed E-state index contributed by atoms with van der Waals surface area (Å²) in [4.78, 5) is 11.2. The number of phenolic OH excluding ortho intramolecular Hbond substituents is 1. The lowest BCUT2D eigenvalue weighted by Crippen LogP contribution is -2.57. The average molecular weight is 807 g/mol. The first-order valence-corrected chi connectivity index (χ1v) is 26.5. The van der Waals surface area contributed by atoms with Gasteiger partial charge in [-0.15, -0.1) is 0 Å². The van der Waals surface area contributed by atoms with Gasteiger partial charge in [0.15, 0.2) is 0 Å². The number of hydrogen-bond acceptors (Lipinski definition) is 8. The molecule has 3 fully saturated rings. The number of fused-ring (bicyclic) bond motifs is 3. The summed E-state index contributed by atoms with van der Waals surface area (Å²) in [5.74, 6) is -1.51. The Morgan fingerprint density at radius 3 is 1.56 bits per heavy atom. The van der Waals surface area contributed by atoms with Crippen LogP contribution in [0.2, 0.25) is 18.1 Å². The lowest BCUT2D eigenvalue weighted by atomic mass is 9.90. The number of rotatable bonds is 8. The molecule has 3 aliphatic rings. The number of carboxylic acids is 1. The zero-order valence-electron chi connectivity index (χ0n) is 34.2. The number of ether oxygens (including phenoxy) is 3. The highest BCUT2D eigenvalue weighted by molar-refractivity contribution is 7.70. The molecule has 0 amide bonds. The van der Waals surface area contributed by atoms with E-state index < -0.39 is 34.5 Å². The van der Waals surface area contributed by atoms with Gasteiger partial charge in [-0.2, -0.15) is 0 Å². The summed E-state index contributed by atoms with van der Waals surface area (Å²) in [7, 11) is -6.74. The molecule has 0 spiro atoms. The SMILES string of the molecule is Cc1c(O)cc(-c2ccc(P(C)(C)=O)cc2)cc1C(=O)O.Cc1c(O[Si](C)(C)C(C)(C)C)cc(-c2ccc(P(C)(C)=O)cc2)cc1C12OCC(C)(CO1)CO2. The summed E-state index contributed by atoms with van der Waals surface area (Å²) in [6.07, 6.45) is 0. The highest BCUT2D eigenvalue weighted by Gasteiger charge is 2.53. The van der Waals surface area contributed by atoms with Crippen LogP contribution in [-0.2, 0) is 29.3 Å². The molecule has 0 aliphatic carbocycles. The topological polar surface area (TPSA) is 129 Å². The van der Waals surface area contributed by atoms with Crippen LogP contribution in [0.4, 0.5) is 0 Å². The first-order chi connectivity index (χ1) is 25.3. The second-order valence-corrected chi connectivity index (χ2v) is 28.7. The molecule has 3 saturated heterocycles. The Balaban J connectivity index is 0.000000237. The number of hydrogen-bond donors (Lipinski definition) is 2. The molecule has 0 aromatic heterocycles. The van der Waals surface area contributed by atoms with E-state index in [0.717, 1.165) is 44.2 Å². The Kier molecular flexibility index (Phi) is 11.7. The van der Waals surface area contributed by atoms with E-state index in [9.17, 15) is 19.0 Å². The molecular formula is C43H56O9P2Si. The van der Waals surface area contributed by atoms with E-state index in [0.29, 0.717) is 30.9 Å². The quantitative estimate of drug-likeness (QED) is 0.132. The monoisotopic (exact) mass is 806 g/mol. The first-order valence-electron chi connectivity index (χ1n) is 18.4. The third kappa shape index (κ3) is 9.22. The van der Waals surface area contributed by atoms with E-state index in [1.807, 2.05) is 24.3 Å². The molecule has 55 heavy (non-hydrogen) atoms. The van der Waals surface area contributed by atoms with Crippen LogP contribution >= 0.6 is 14.3 Å². The van der Waals surface area contributed by atoms with Crippen molar-refractivity contribution in [3.8, 4) is 33.8 Å². The van der Waals surface area contributed by atoms with Gasteiger partial charge in [0.2, 0.25) is 8.32 Å². The lowest BCUT2D eigenvalue weighted by molar-refractivity contribution is -0.477. The summed E-state index contributed by atoms with van der Waals surface area (Å²) in [5.41, 5.74) is 5.52. The van der Waals surface area contributed by atoms with Crippen LogP contribution < -0.4 is 15.0 Å². The van der Waals surface area contributed by atoms with E-state index in [4.69, 9.17) is 23.7 Å². The van der Waals surface area contributed by atoms with Crippen molar-refractivity contribution in [1.82, 2.24) is 0 Å². The third-order valence-electron chi connectivity index (χ3n) is 10.9. The van der Waals surface area contributed by atoms with Gasteiger partial charge in [0.05, 0.1) is 25.4 Å². The van der Waals surface area contributed by atoms with Gasteiger partial charge < -0.3 is 38.0 Å². The fourth-order valence-corrected chi connectivity index (χ4v) is 8.91. The number of carboxylic acid groups (broad SMARTS) is 1. The van der Waals surface area contributed by atoms with E-state index >= 15 is 0 Å². The number of benzene rings is 4. The molecule has 2 N–H and O–H groups in total. The maximum atomic E-state index is 12.5. The van der Waals surface area contributed by atoms with E-state index in [1.165, 1.54) is 12.1 Å². The molecule has 0 unspecified atom stereocenters. The molecule has 12 heteroatoms. The molecule has 2 bridgehead atoms. The smallest absolute Gasteiger partial charge is 0.336 e. The predicted octanol–water partition coefficient (Wildman–Crippen LogP) is 9.80. The number of aromatic carboxylic acids is 1. The maximum Gasteiger partial charge on any atom is 0.336 e. The van der Waals surface area contributed by atoms with Crippen molar-refractivity contribution < 1.29 is 42.8 Å². The first kappa shape index (κ1) is 42.6. The van der Waals surface area contributed by atoms with Crippen LogP contribution in [0.25, 0.3) is 22.3 Å². The summed E-state index contributed by atoms with van der Waals surface area (Å²) >= 11 is 0. The highest BCUT2D eigenvalue weighted by atomic mass is 31.2. The predicted molar refractivity (Wildman–Crippen MR) is 225 cm³/mol.